The zero-order valence-electron chi connectivity index (χ0n) is 9.57. The molecule has 0 bridgehead atoms. The number of nitrogens with one attached hydrogen (secondary N) is 1. The van der Waals surface area contributed by atoms with Crippen molar-refractivity contribution in [2.24, 2.45) is 5.14 Å². The highest BCUT2D eigenvalue weighted by atomic mass is 35.7. The highest BCUT2D eigenvalue weighted by Crippen LogP contribution is 2.19. The average Bonchev–Trinajstić information content (AvgIpc) is 2.29. The lowest BCUT2D eigenvalue weighted by atomic mass is 10.0. The standard InChI is InChI=1S/C11H12FN.ClH2NO2S/c12-11-3-1-9(2-4-11)10-5-7-13-8-6-10;1-5(2,3)4/h1-5,13H,6-8H2;(H2,2,3,4). The van der Waals surface area contributed by atoms with Gasteiger partial charge < -0.3 is 5.32 Å². The third-order valence-corrected chi connectivity index (χ3v) is 2.28. The number of nitrogens with two attached hydrogens (primary N) is 1. The van der Waals surface area contributed by atoms with Gasteiger partial charge in [-0.25, -0.2) is 9.53 Å². The lowest BCUT2D eigenvalue weighted by Crippen LogP contribution is -2.19. The van der Waals surface area contributed by atoms with Gasteiger partial charge in [0, 0.05) is 17.2 Å². The van der Waals surface area contributed by atoms with Gasteiger partial charge in [-0.15, -0.1) is 0 Å². The summed E-state index contributed by atoms with van der Waals surface area (Å²) in [6.07, 6.45) is 3.20. The molecule has 0 amide bonds. The first-order valence-corrected chi connectivity index (χ1v) is 7.61. The molecule has 3 N–H and O–H groups in total. The van der Waals surface area contributed by atoms with Crippen molar-refractivity contribution in [2.75, 3.05) is 13.1 Å². The lowest BCUT2D eigenvalue weighted by Gasteiger charge is -2.13. The summed E-state index contributed by atoms with van der Waals surface area (Å²) >= 11 is 0. The average molecular weight is 293 g/mol. The molecule has 0 spiro atoms. The highest BCUT2D eigenvalue weighted by molar-refractivity contribution is 8.11. The molecule has 1 heterocycles. The van der Waals surface area contributed by atoms with Crippen LogP contribution in [-0.2, 0) is 9.24 Å². The molecule has 0 aliphatic carbocycles. The Labute approximate surface area is 110 Å². The summed E-state index contributed by atoms with van der Waals surface area (Å²) in [5.74, 6) is -0.168. The van der Waals surface area contributed by atoms with Crippen LogP contribution in [0.2, 0.25) is 0 Å². The highest BCUT2D eigenvalue weighted by Gasteiger charge is 2.04. The molecule has 0 saturated carbocycles. The van der Waals surface area contributed by atoms with Gasteiger partial charge in [0.25, 0.3) is 9.24 Å². The molecule has 4 nitrogen and oxygen atoms in total. The van der Waals surface area contributed by atoms with E-state index in [4.69, 9.17) is 0 Å². The number of halogens is 2. The topological polar surface area (TPSA) is 72.2 Å². The molecular weight excluding hydrogens is 279 g/mol. The SMILES string of the molecule is Fc1ccc(C2=CCNCC2)cc1.NS(=O)(=O)Cl. The van der Waals surface area contributed by atoms with Crippen molar-refractivity contribution < 1.29 is 12.8 Å². The molecule has 1 aliphatic heterocycles. The minimum Gasteiger partial charge on any atom is -0.313 e. The van der Waals surface area contributed by atoms with E-state index in [-0.39, 0.29) is 5.82 Å². The van der Waals surface area contributed by atoms with Crippen LogP contribution < -0.4 is 10.5 Å². The van der Waals surface area contributed by atoms with Gasteiger partial charge in [-0.3, -0.25) is 0 Å². The second-order valence-corrected chi connectivity index (χ2v) is 5.91. The van der Waals surface area contributed by atoms with Crippen molar-refractivity contribution in [3.8, 4) is 0 Å². The van der Waals surface area contributed by atoms with Crippen molar-refractivity contribution in [1.82, 2.24) is 5.32 Å². The summed E-state index contributed by atoms with van der Waals surface area (Å²) in [4.78, 5) is 0. The predicted molar refractivity (Wildman–Crippen MR) is 70.8 cm³/mol. The largest absolute Gasteiger partial charge is 0.313 e. The van der Waals surface area contributed by atoms with Gasteiger partial charge in [0.1, 0.15) is 5.82 Å². The Balaban J connectivity index is 0.000000280. The van der Waals surface area contributed by atoms with E-state index in [0.29, 0.717) is 0 Å². The van der Waals surface area contributed by atoms with Crippen molar-refractivity contribution in [3.05, 3.63) is 41.7 Å². The van der Waals surface area contributed by atoms with Crippen LogP contribution in [0.15, 0.2) is 30.3 Å². The number of hydrogen-bond donors (Lipinski definition) is 2. The fraction of sp³-hybridized carbons (Fsp3) is 0.273. The number of hydrogen-bond acceptors (Lipinski definition) is 3. The van der Waals surface area contributed by atoms with Crippen molar-refractivity contribution in [2.45, 2.75) is 6.42 Å². The Kier molecular flexibility index (Phi) is 5.74. The maximum atomic E-state index is 12.6. The van der Waals surface area contributed by atoms with E-state index in [1.807, 2.05) is 12.1 Å². The maximum absolute atomic E-state index is 12.6. The maximum Gasteiger partial charge on any atom is 0.294 e. The summed E-state index contributed by atoms with van der Waals surface area (Å²) in [5, 5.41) is 7.34. The van der Waals surface area contributed by atoms with Crippen LogP contribution in [0.4, 0.5) is 4.39 Å². The molecule has 0 fully saturated rings. The summed E-state index contributed by atoms with van der Waals surface area (Å²) in [5.41, 5.74) is 2.46. The fourth-order valence-corrected chi connectivity index (χ4v) is 1.55. The van der Waals surface area contributed by atoms with Crippen LogP contribution in [0.1, 0.15) is 12.0 Å². The van der Waals surface area contributed by atoms with Gasteiger partial charge in [-0.1, -0.05) is 18.2 Å². The minimum absolute atomic E-state index is 0.168. The molecule has 2 rings (SSSR count). The Morgan fingerprint density at radius 2 is 1.83 bits per heavy atom. The van der Waals surface area contributed by atoms with E-state index in [0.717, 1.165) is 25.1 Å². The predicted octanol–water partition coefficient (Wildman–Crippen LogP) is 1.63. The quantitative estimate of drug-likeness (QED) is 0.773. The zero-order valence-corrected chi connectivity index (χ0v) is 11.1. The van der Waals surface area contributed by atoms with Crippen LogP contribution in [-0.4, -0.2) is 21.5 Å². The van der Waals surface area contributed by atoms with E-state index in [1.165, 1.54) is 17.7 Å². The molecule has 0 aromatic heterocycles. The van der Waals surface area contributed by atoms with Gasteiger partial charge in [-0.2, -0.15) is 8.42 Å². The molecule has 0 unspecified atom stereocenters. The summed E-state index contributed by atoms with van der Waals surface area (Å²) in [6, 6.07) is 6.70. The monoisotopic (exact) mass is 292 g/mol. The first-order chi connectivity index (χ1) is 8.36. The van der Waals surface area contributed by atoms with Gasteiger partial charge in [-0.05, 0) is 36.2 Å². The molecule has 1 aromatic rings. The molecule has 7 heteroatoms. The van der Waals surface area contributed by atoms with Crippen molar-refractivity contribution in [1.29, 1.82) is 0 Å². The van der Waals surface area contributed by atoms with Gasteiger partial charge in [0.05, 0.1) is 0 Å². The Morgan fingerprint density at radius 1 is 1.28 bits per heavy atom. The zero-order chi connectivity index (χ0) is 13.6. The number of rotatable bonds is 1. The summed E-state index contributed by atoms with van der Waals surface area (Å²) in [6.45, 7) is 1.94. The third-order valence-electron chi connectivity index (χ3n) is 2.28. The molecule has 100 valence electrons. The van der Waals surface area contributed by atoms with E-state index >= 15 is 0 Å². The Morgan fingerprint density at radius 3 is 2.28 bits per heavy atom. The van der Waals surface area contributed by atoms with Crippen LogP contribution in [0.25, 0.3) is 5.57 Å². The second-order valence-electron chi connectivity index (χ2n) is 3.67. The van der Waals surface area contributed by atoms with E-state index in [1.54, 1.807) is 0 Å². The molecule has 0 radical (unpaired) electrons. The molecule has 1 aromatic carbocycles. The van der Waals surface area contributed by atoms with Crippen molar-refractivity contribution >= 4 is 25.5 Å². The van der Waals surface area contributed by atoms with Crippen LogP contribution in [0, 0.1) is 5.82 Å². The third kappa shape index (κ3) is 6.70. The smallest absolute Gasteiger partial charge is 0.294 e. The molecule has 0 saturated heterocycles. The van der Waals surface area contributed by atoms with Gasteiger partial charge in [0.2, 0.25) is 0 Å². The first-order valence-electron chi connectivity index (χ1n) is 5.24. The molecule has 18 heavy (non-hydrogen) atoms. The normalized spacial score (nSPS) is 15.4. The van der Waals surface area contributed by atoms with E-state index in [2.05, 4.69) is 27.2 Å². The first kappa shape index (κ1) is 15.1. The van der Waals surface area contributed by atoms with Crippen LogP contribution in [0.3, 0.4) is 0 Å². The number of benzene rings is 1. The van der Waals surface area contributed by atoms with Crippen LogP contribution >= 0.6 is 10.7 Å². The second kappa shape index (κ2) is 6.84. The molecule has 1 aliphatic rings. The summed E-state index contributed by atoms with van der Waals surface area (Å²) < 4.78 is 31.0. The van der Waals surface area contributed by atoms with Crippen LogP contribution in [0.5, 0.6) is 0 Å². The lowest BCUT2D eigenvalue weighted by molar-refractivity contribution is 0.611. The van der Waals surface area contributed by atoms with Crippen molar-refractivity contribution in [3.63, 3.8) is 0 Å². The van der Waals surface area contributed by atoms with E-state index < -0.39 is 9.24 Å². The summed E-state index contributed by atoms with van der Waals surface area (Å²) in [7, 11) is 0.586. The minimum atomic E-state index is -3.69. The molecular formula is C11H14ClFN2O2S. The van der Waals surface area contributed by atoms with Gasteiger partial charge >= 0.3 is 0 Å². The van der Waals surface area contributed by atoms with E-state index in [9.17, 15) is 12.8 Å². The Hall–Kier alpha value is -0.950. The van der Waals surface area contributed by atoms with Gasteiger partial charge in [0.15, 0.2) is 0 Å². The fourth-order valence-electron chi connectivity index (χ4n) is 1.55. The molecule has 0 atom stereocenters. The Bertz CT molecular complexity index is 506.